The summed E-state index contributed by atoms with van der Waals surface area (Å²) in [6.07, 6.45) is -3.89. The molecule has 0 heterocycles. The Morgan fingerprint density at radius 3 is 2.33 bits per heavy atom. The summed E-state index contributed by atoms with van der Waals surface area (Å²) in [5.74, 6) is 0. The van der Waals surface area contributed by atoms with E-state index in [9.17, 15) is 13.2 Å². The minimum atomic E-state index is -4.22. The summed E-state index contributed by atoms with van der Waals surface area (Å²) in [5.41, 5.74) is 0.839. The summed E-state index contributed by atoms with van der Waals surface area (Å²) in [4.78, 5) is 1.34. The molecule has 0 radical (unpaired) electrons. The molecule has 0 aliphatic rings. The predicted molar refractivity (Wildman–Crippen MR) is 64.1 cm³/mol. The highest BCUT2D eigenvalue weighted by atomic mass is 19.4. The summed E-state index contributed by atoms with van der Waals surface area (Å²) in [5, 5.41) is 8.84. The van der Waals surface area contributed by atoms with Gasteiger partial charge in [0.05, 0.1) is 6.54 Å². The molecule has 0 aliphatic carbocycles. The fourth-order valence-corrected chi connectivity index (χ4v) is 1.79. The summed E-state index contributed by atoms with van der Waals surface area (Å²) >= 11 is 0. The lowest BCUT2D eigenvalue weighted by Crippen LogP contribution is -2.40. The van der Waals surface area contributed by atoms with Crippen LogP contribution >= 0.6 is 0 Å². The van der Waals surface area contributed by atoms with Gasteiger partial charge in [0.25, 0.3) is 0 Å². The van der Waals surface area contributed by atoms with E-state index in [-0.39, 0.29) is 19.2 Å². The number of rotatable bonds is 6. The Hall–Kier alpha value is -1.07. The van der Waals surface area contributed by atoms with Crippen molar-refractivity contribution in [3.8, 4) is 0 Å². The van der Waals surface area contributed by atoms with Gasteiger partial charge in [-0.2, -0.15) is 13.2 Å². The second-order valence-electron chi connectivity index (χ2n) is 4.37. The fraction of sp³-hybridized carbons (Fsp3) is 0.538. The molecular weight excluding hydrogens is 243 g/mol. The van der Waals surface area contributed by atoms with E-state index < -0.39 is 12.7 Å². The van der Waals surface area contributed by atoms with E-state index in [1.807, 2.05) is 6.07 Å². The third-order valence-electron chi connectivity index (χ3n) is 2.78. The van der Waals surface area contributed by atoms with Crippen LogP contribution in [0.4, 0.5) is 13.2 Å². The number of aliphatic hydroxyl groups is 1. The van der Waals surface area contributed by atoms with Crippen LogP contribution in [0.25, 0.3) is 0 Å². The normalized spacial score (nSPS) is 13.9. The molecule has 0 amide bonds. The van der Waals surface area contributed by atoms with Gasteiger partial charge in [-0.15, -0.1) is 0 Å². The molecule has 0 saturated heterocycles. The molecule has 0 saturated carbocycles. The SMILES string of the molecule is CC(CCO)N(Cc1ccccc1)CC(F)(F)F. The number of hydrogen-bond acceptors (Lipinski definition) is 2. The zero-order valence-electron chi connectivity index (χ0n) is 10.3. The van der Waals surface area contributed by atoms with Gasteiger partial charge in [-0.05, 0) is 18.9 Å². The molecular formula is C13H18F3NO. The van der Waals surface area contributed by atoms with Crippen LogP contribution in [0.15, 0.2) is 30.3 Å². The van der Waals surface area contributed by atoms with Gasteiger partial charge < -0.3 is 5.11 Å². The van der Waals surface area contributed by atoms with Crippen molar-refractivity contribution < 1.29 is 18.3 Å². The minimum Gasteiger partial charge on any atom is -0.396 e. The van der Waals surface area contributed by atoms with Crippen molar-refractivity contribution >= 4 is 0 Å². The third kappa shape index (κ3) is 5.51. The standard InChI is InChI=1S/C13H18F3NO/c1-11(7-8-18)17(10-13(14,15)16)9-12-5-3-2-4-6-12/h2-6,11,18H,7-10H2,1H3. The number of nitrogens with zero attached hydrogens (tertiary/aromatic N) is 1. The molecule has 0 bridgehead atoms. The molecule has 0 aromatic heterocycles. The molecule has 2 nitrogen and oxygen atoms in total. The molecule has 1 unspecified atom stereocenters. The molecule has 102 valence electrons. The van der Waals surface area contributed by atoms with Crippen molar-refractivity contribution in [1.82, 2.24) is 4.90 Å². The first-order chi connectivity index (χ1) is 8.42. The Labute approximate surface area is 105 Å². The number of aliphatic hydroxyl groups excluding tert-OH is 1. The van der Waals surface area contributed by atoms with Crippen LogP contribution in [0.1, 0.15) is 18.9 Å². The van der Waals surface area contributed by atoms with Gasteiger partial charge >= 0.3 is 6.18 Å². The fourth-order valence-electron chi connectivity index (χ4n) is 1.79. The average molecular weight is 261 g/mol. The second kappa shape index (κ2) is 6.75. The van der Waals surface area contributed by atoms with Crippen LogP contribution in [0, 0.1) is 0 Å². The molecule has 1 rings (SSSR count). The summed E-state index contributed by atoms with van der Waals surface area (Å²) < 4.78 is 37.5. The van der Waals surface area contributed by atoms with Crippen LogP contribution in [-0.2, 0) is 6.54 Å². The van der Waals surface area contributed by atoms with Gasteiger partial charge in [-0.3, -0.25) is 4.90 Å². The van der Waals surface area contributed by atoms with Crippen molar-refractivity contribution in [2.24, 2.45) is 0 Å². The first-order valence-corrected chi connectivity index (χ1v) is 5.88. The van der Waals surface area contributed by atoms with Crippen molar-refractivity contribution in [3.63, 3.8) is 0 Å². The number of halogens is 3. The van der Waals surface area contributed by atoms with E-state index in [2.05, 4.69) is 0 Å². The van der Waals surface area contributed by atoms with Gasteiger partial charge in [0.1, 0.15) is 0 Å². The monoisotopic (exact) mass is 261 g/mol. The molecule has 1 atom stereocenters. The average Bonchev–Trinajstić information content (AvgIpc) is 2.28. The highest BCUT2D eigenvalue weighted by Gasteiger charge is 2.32. The number of alkyl halides is 3. The molecule has 1 aromatic rings. The first-order valence-electron chi connectivity index (χ1n) is 5.88. The molecule has 0 spiro atoms. The Morgan fingerprint density at radius 1 is 1.22 bits per heavy atom. The van der Waals surface area contributed by atoms with Crippen LogP contribution in [0.5, 0.6) is 0 Å². The highest BCUT2D eigenvalue weighted by molar-refractivity contribution is 5.14. The Morgan fingerprint density at radius 2 is 1.83 bits per heavy atom. The van der Waals surface area contributed by atoms with E-state index in [0.29, 0.717) is 6.42 Å². The summed E-state index contributed by atoms with van der Waals surface area (Å²) in [7, 11) is 0. The summed E-state index contributed by atoms with van der Waals surface area (Å²) in [6.45, 7) is 0.875. The maximum atomic E-state index is 12.5. The van der Waals surface area contributed by atoms with Crippen molar-refractivity contribution in [1.29, 1.82) is 0 Å². The van der Waals surface area contributed by atoms with Crippen molar-refractivity contribution in [2.45, 2.75) is 32.1 Å². The minimum absolute atomic E-state index is 0.107. The largest absolute Gasteiger partial charge is 0.401 e. The van der Waals surface area contributed by atoms with Crippen LogP contribution < -0.4 is 0 Å². The molecule has 0 fully saturated rings. The second-order valence-corrected chi connectivity index (χ2v) is 4.37. The molecule has 0 aliphatic heterocycles. The Bertz CT molecular complexity index is 340. The number of benzene rings is 1. The van der Waals surface area contributed by atoms with Crippen LogP contribution in [0.2, 0.25) is 0 Å². The molecule has 18 heavy (non-hydrogen) atoms. The van der Waals surface area contributed by atoms with Crippen LogP contribution in [0.3, 0.4) is 0 Å². The van der Waals surface area contributed by atoms with E-state index in [1.165, 1.54) is 4.90 Å². The maximum absolute atomic E-state index is 12.5. The lowest BCUT2D eigenvalue weighted by Gasteiger charge is -2.29. The Kier molecular flexibility index (Phi) is 5.62. The zero-order valence-corrected chi connectivity index (χ0v) is 10.3. The molecule has 1 aromatic carbocycles. The Balaban J connectivity index is 2.71. The van der Waals surface area contributed by atoms with Gasteiger partial charge in [-0.1, -0.05) is 30.3 Å². The lowest BCUT2D eigenvalue weighted by atomic mass is 10.1. The van der Waals surface area contributed by atoms with Crippen LogP contribution in [-0.4, -0.2) is 35.4 Å². The van der Waals surface area contributed by atoms with Crippen molar-refractivity contribution in [2.75, 3.05) is 13.2 Å². The third-order valence-corrected chi connectivity index (χ3v) is 2.78. The van der Waals surface area contributed by atoms with E-state index in [1.54, 1.807) is 31.2 Å². The van der Waals surface area contributed by atoms with Crippen molar-refractivity contribution in [3.05, 3.63) is 35.9 Å². The van der Waals surface area contributed by atoms with E-state index in [0.717, 1.165) is 5.56 Å². The molecule has 1 N–H and O–H groups in total. The quantitative estimate of drug-likeness (QED) is 0.851. The van der Waals surface area contributed by atoms with E-state index >= 15 is 0 Å². The maximum Gasteiger partial charge on any atom is 0.401 e. The topological polar surface area (TPSA) is 23.5 Å². The zero-order chi connectivity index (χ0) is 13.6. The van der Waals surface area contributed by atoms with Gasteiger partial charge in [0.2, 0.25) is 0 Å². The predicted octanol–water partition coefficient (Wildman–Crippen LogP) is 2.82. The van der Waals surface area contributed by atoms with E-state index in [4.69, 9.17) is 5.11 Å². The summed E-state index contributed by atoms with van der Waals surface area (Å²) in [6, 6.07) is 8.73. The smallest absolute Gasteiger partial charge is 0.396 e. The van der Waals surface area contributed by atoms with Gasteiger partial charge in [0.15, 0.2) is 0 Å². The lowest BCUT2D eigenvalue weighted by molar-refractivity contribution is -0.152. The highest BCUT2D eigenvalue weighted by Crippen LogP contribution is 2.20. The molecule has 5 heteroatoms. The van der Waals surface area contributed by atoms with Gasteiger partial charge in [-0.25, -0.2) is 0 Å². The first kappa shape index (κ1) is 15.0. The van der Waals surface area contributed by atoms with Gasteiger partial charge in [0, 0.05) is 19.2 Å². The number of hydrogen-bond donors (Lipinski definition) is 1.